The zero-order valence-corrected chi connectivity index (χ0v) is 13.2. The Kier molecular flexibility index (Phi) is 4.28. The number of rotatable bonds is 3. The number of hydrogen-bond donors (Lipinski definition) is 2. The summed E-state index contributed by atoms with van der Waals surface area (Å²) >= 11 is 4.83. The molecule has 0 bridgehead atoms. The highest BCUT2D eigenvalue weighted by Crippen LogP contribution is 2.26. The first-order chi connectivity index (χ1) is 9.77. The second kappa shape index (κ2) is 5.82. The van der Waals surface area contributed by atoms with Gasteiger partial charge >= 0.3 is 0 Å². The van der Waals surface area contributed by atoms with Gasteiger partial charge in [0.25, 0.3) is 0 Å². The van der Waals surface area contributed by atoms with E-state index in [9.17, 15) is 4.39 Å². The van der Waals surface area contributed by atoms with Gasteiger partial charge in [0.15, 0.2) is 0 Å². The molecule has 0 radical (unpaired) electrons. The highest BCUT2D eigenvalue weighted by molar-refractivity contribution is 7.80. The molecule has 2 nitrogen and oxygen atoms in total. The maximum atomic E-state index is 14.0. The molecule has 3 N–H and O–H groups in total. The highest BCUT2D eigenvalue weighted by Gasteiger charge is 2.13. The fourth-order valence-electron chi connectivity index (χ4n) is 1.98. The third-order valence-corrected chi connectivity index (χ3v) is 3.52. The molecule has 110 valence electrons. The minimum absolute atomic E-state index is 0.0995. The van der Waals surface area contributed by atoms with Crippen LogP contribution in [0.2, 0.25) is 0 Å². The van der Waals surface area contributed by atoms with Crippen LogP contribution in [0.25, 0.3) is 0 Å². The van der Waals surface area contributed by atoms with E-state index in [1.807, 2.05) is 24.3 Å². The molecule has 0 aliphatic rings. The predicted octanol–water partition coefficient (Wildman–Crippen LogP) is 4.50. The van der Waals surface area contributed by atoms with Gasteiger partial charge < -0.3 is 11.1 Å². The van der Waals surface area contributed by atoms with E-state index in [1.54, 1.807) is 12.1 Å². The summed E-state index contributed by atoms with van der Waals surface area (Å²) in [5.41, 5.74) is 8.58. The molecule has 21 heavy (non-hydrogen) atoms. The molecule has 0 heterocycles. The maximum absolute atomic E-state index is 14.0. The molecule has 0 fully saturated rings. The zero-order valence-electron chi connectivity index (χ0n) is 12.4. The van der Waals surface area contributed by atoms with Gasteiger partial charge in [-0.3, -0.25) is 0 Å². The number of nitrogens with one attached hydrogen (secondary N) is 1. The normalized spacial score (nSPS) is 11.2. The van der Waals surface area contributed by atoms with Crippen LogP contribution in [0, 0.1) is 5.82 Å². The van der Waals surface area contributed by atoms with Gasteiger partial charge in [0.2, 0.25) is 0 Å². The van der Waals surface area contributed by atoms with E-state index < -0.39 is 0 Å². The predicted molar refractivity (Wildman–Crippen MR) is 90.7 cm³/mol. The molecule has 2 aromatic carbocycles. The first-order valence-electron chi connectivity index (χ1n) is 6.74. The fraction of sp³-hybridized carbons (Fsp3) is 0.235. The highest BCUT2D eigenvalue weighted by atomic mass is 32.1. The molecule has 0 atom stereocenters. The Bertz CT molecular complexity index is 657. The topological polar surface area (TPSA) is 38.0 Å². The van der Waals surface area contributed by atoms with Gasteiger partial charge in [-0.05, 0) is 41.3 Å². The van der Waals surface area contributed by atoms with E-state index in [1.165, 1.54) is 11.6 Å². The van der Waals surface area contributed by atoms with Crippen LogP contribution in [0.4, 0.5) is 15.8 Å². The third kappa shape index (κ3) is 3.79. The summed E-state index contributed by atoms with van der Waals surface area (Å²) in [6.45, 7) is 6.47. The van der Waals surface area contributed by atoms with Crippen LogP contribution in [0.5, 0.6) is 0 Å². The minimum atomic E-state index is -0.375. The van der Waals surface area contributed by atoms with Crippen molar-refractivity contribution in [3.8, 4) is 0 Å². The molecule has 0 amide bonds. The average molecular weight is 302 g/mol. The van der Waals surface area contributed by atoms with Gasteiger partial charge in [0.1, 0.15) is 10.8 Å². The van der Waals surface area contributed by atoms with Crippen LogP contribution in [0.15, 0.2) is 42.5 Å². The molecule has 0 saturated heterocycles. The summed E-state index contributed by atoms with van der Waals surface area (Å²) in [7, 11) is 0. The van der Waals surface area contributed by atoms with Crippen molar-refractivity contribution in [1.29, 1.82) is 0 Å². The third-order valence-electron chi connectivity index (χ3n) is 3.28. The minimum Gasteiger partial charge on any atom is -0.389 e. The Labute approximate surface area is 130 Å². The molecular formula is C17H19FN2S. The number of anilines is 2. The number of thiocarbonyl (C=S) groups is 1. The van der Waals surface area contributed by atoms with E-state index in [0.29, 0.717) is 11.3 Å². The molecular weight excluding hydrogens is 283 g/mol. The Hall–Kier alpha value is -1.94. The Balaban J connectivity index is 2.20. The van der Waals surface area contributed by atoms with Crippen molar-refractivity contribution in [2.24, 2.45) is 5.73 Å². The summed E-state index contributed by atoms with van der Waals surface area (Å²) in [6, 6.07) is 12.7. The van der Waals surface area contributed by atoms with Crippen LogP contribution in [0.1, 0.15) is 31.9 Å². The molecule has 0 aliphatic heterocycles. The average Bonchev–Trinajstić information content (AvgIpc) is 2.40. The van der Waals surface area contributed by atoms with Crippen LogP contribution >= 0.6 is 12.2 Å². The first-order valence-corrected chi connectivity index (χ1v) is 7.15. The summed E-state index contributed by atoms with van der Waals surface area (Å²) in [5.74, 6) is -0.375. The lowest BCUT2D eigenvalue weighted by atomic mass is 9.87. The van der Waals surface area contributed by atoms with Crippen LogP contribution in [-0.2, 0) is 5.41 Å². The smallest absolute Gasteiger partial charge is 0.147 e. The lowest BCUT2D eigenvalue weighted by Crippen LogP contribution is -2.11. The van der Waals surface area contributed by atoms with E-state index >= 15 is 0 Å². The standard InChI is InChI=1S/C17H19FN2S/c1-17(2,3)12-5-7-13(8-6-12)20-15-9-4-11(16(19)21)10-14(15)18/h4-10,20H,1-3H3,(H2,19,21). The van der Waals surface area contributed by atoms with Crippen molar-refractivity contribution >= 4 is 28.6 Å². The first kappa shape index (κ1) is 15.4. The molecule has 0 aromatic heterocycles. The molecule has 0 unspecified atom stereocenters. The zero-order chi connectivity index (χ0) is 15.6. The van der Waals surface area contributed by atoms with Crippen LogP contribution < -0.4 is 11.1 Å². The van der Waals surface area contributed by atoms with E-state index in [0.717, 1.165) is 5.69 Å². The summed E-state index contributed by atoms with van der Waals surface area (Å²) in [6.07, 6.45) is 0. The summed E-state index contributed by atoms with van der Waals surface area (Å²) in [5, 5.41) is 3.06. The Morgan fingerprint density at radius 3 is 2.19 bits per heavy atom. The van der Waals surface area contributed by atoms with Gasteiger partial charge in [0, 0.05) is 11.3 Å². The molecule has 2 rings (SSSR count). The lowest BCUT2D eigenvalue weighted by molar-refractivity contribution is 0.590. The largest absolute Gasteiger partial charge is 0.389 e. The van der Waals surface area contributed by atoms with Crippen molar-refractivity contribution in [2.45, 2.75) is 26.2 Å². The van der Waals surface area contributed by atoms with Gasteiger partial charge in [-0.25, -0.2) is 4.39 Å². The SMILES string of the molecule is CC(C)(C)c1ccc(Nc2ccc(C(N)=S)cc2F)cc1. The van der Waals surface area contributed by atoms with Gasteiger partial charge in [-0.15, -0.1) is 0 Å². The van der Waals surface area contributed by atoms with Crippen LogP contribution in [0.3, 0.4) is 0 Å². The Morgan fingerprint density at radius 2 is 1.71 bits per heavy atom. The number of benzene rings is 2. The van der Waals surface area contributed by atoms with E-state index in [-0.39, 0.29) is 16.2 Å². The van der Waals surface area contributed by atoms with Crippen molar-refractivity contribution in [3.05, 3.63) is 59.4 Å². The number of nitrogens with two attached hydrogens (primary N) is 1. The van der Waals surface area contributed by atoms with E-state index in [4.69, 9.17) is 18.0 Å². The second-order valence-corrected chi connectivity index (χ2v) is 6.45. The number of halogens is 1. The molecule has 2 aromatic rings. The van der Waals surface area contributed by atoms with E-state index in [2.05, 4.69) is 26.1 Å². The van der Waals surface area contributed by atoms with Gasteiger partial charge in [-0.2, -0.15) is 0 Å². The van der Waals surface area contributed by atoms with Crippen molar-refractivity contribution in [2.75, 3.05) is 5.32 Å². The summed E-state index contributed by atoms with van der Waals surface area (Å²) < 4.78 is 14.0. The number of hydrogen-bond acceptors (Lipinski definition) is 2. The monoisotopic (exact) mass is 302 g/mol. The van der Waals surface area contributed by atoms with Crippen molar-refractivity contribution in [1.82, 2.24) is 0 Å². The quantitative estimate of drug-likeness (QED) is 0.820. The summed E-state index contributed by atoms with van der Waals surface area (Å²) in [4.78, 5) is 0.190. The van der Waals surface area contributed by atoms with Gasteiger partial charge in [-0.1, -0.05) is 45.1 Å². The lowest BCUT2D eigenvalue weighted by Gasteiger charge is -2.19. The van der Waals surface area contributed by atoms with Crippen LogP contribution in [-0.4, -0.2) is 4.99 Å². The van der Waals surface area contributed by atoms with Crippen molar-refractivity contribution < 1.29 is 4.39 Å². The molecule has 4 heteroatoms. The van der Waals surface area contributed by atoms with Gasteiger partial charge in [0.05, 0.1) is 5.69 Å². The fourth-order valence-corrected chi connectivity index (χ4v) is 2.11. The Morgan fingerprint density at radius 1 is 1.10 bits per heavy atom. The maximum Gasteiger partial charge on any atom is 0.147 e. The second-order valence-electron chi connectivity index (χ2n) is 6.01. The van der Waals surface area contributed by atoms with Crippen molar-refractivity contribution in [3.63, 3.8) is 0 Å². The molecule has 0 aliphatic carbocycles. The molecule has 0 saturated carbocycles. The molecule has 0 spiro atoms.